The molecule has 0 fully saturated rings. The van der Waals surface area contributed by atoms with Crippen molar-refractivity contribution in [2.45, 2.75) is 38.2 Å². The van der Waals surface area contributed by atoms with Crippen molar-refractivity contribution in [1.82, 2.24) is 5.32 Å². The first-order valence-corrected chi connectivity index (χ1v) is 13.0. The molecule has 3 aromatic rings. The minimum absolute atomic E-state index is 0.00749. The molecule has 7 heteroatoms. The topological polar surface area (TPSA) is 83.1 Å². The lowest BCUT2D eigenvalue weighted by Crippen LogP contribution is -2.36. The van der Waals surface area contributed by atoms with Crippen LogP contribution < -0.4 is 19.5 Å². The fourth-order valence-corrected chi connectivity index (χ4v) is 5.65. The van der Waals surface area contributed by atoms with Gasteiger partial charge in [-0.15, -0.1) is 0 Å². The van der Waals surface area contributed by atoms with Crippen molar-refractivity contribution in [2.24, 2.45) is 0 Å². The Morgan fingerprint density at radius 1 is 0.949 bits per heavy atom. The molecular formula is C32H29NO6. The Balaban J connectivity index is 1.36. The fourth-order valence-electron chi connectivity index (χ4n) is 5.65. The van der Waals surface area contributed by atoms with Crippen LogP contribution >= 0.6 is 0 Å². The zero-order chi connectivity index (χ0) is 26.9. The van der Waals surface area contributed by atoms with Gasteiger partial charge in [-0.05, 0) is 60.2 Å². The molecule has 198 valence electrons. The molecule has 6 rings (SSSR count). The third-order valence-electron chi connectivity index (χ3n) is 7.58. The van der Waals surface area contributed by atoms with E-state index in [0.29, 0.717) is 41.2 Å². The molecule has 0 amide bonds. The van der Waals surface area contributed by atoms with Gasteiger partial charge in [0.1, 0.15) is 12.4 Å². The van der Waals surface area contributed by atoms with Gasteiger partial charge in [0.15, 0.2) is 17.3 Å². The Bertz CT molecular complexity index is 1490. The predicted molar refractivity (Wildman–Crippen MR) is 144 cm³/mol. The van der Waals surface area contributed by atoms with Crippen molar-refractivity contribution in [2.75, 3.05) is 13.9 Å². The molecule has 0 saturated heterocycles. The monoisotopic (exact) mass is 523 g/mol. The molecule has 2 aliphatic heterocycles. The first-order valence-electron chi connectivity index (χ1n) is 13.0. The number of carbonyl (C=O) groups excluding carboxylic acids is 2. The minimum Gasteiger partial charge on any atom is -0.497 e. The number of hydrogen-bond donors (Lipinski definition) is 1. The quantitative estimate of drug-likeness (QED) is 0.426. The van der Waals surface area contributed by atoms with Crippen molar-refractivity contribution in [3.8, 4) is 17.2 Å². The number of ketones is 1. The summed E-state index contributed by atoms with van der Waals surface area (Å²) in [6, 6.07) is 23.0. The van der Waals surface area contributed by atoms with Crippen molar-refractivity contribution < 1.29 is 28.5 Å². The van der Waals surface area contributed by atoms with Crippen LogP contribution in [0.2, 0.25) is 0 Å². The largest absolute Gasteiger partial charge is 0.497 e. The Kier molecular flexibility index (Phi) is 6.57. The summed E-state index contributed by atoms with van der Waals surface area (Å²) in [6.07, 6.45) is 0.997. The summed E-state index contributed by atoms with van der Waals surface area (Å²) in [7, 11) is 1.63. The van der Waals surface area contributed by atoms with Crippen LogP contribution in [0, 0.1) is 0 Å². The van der Waals surface area contributed by atoms with E-state index in [1.54, 1.807) is 7.11 Å². The number of benzene rings is 3. The first-order chi connectivity index (χ1) is 19.0. The normalized spacial score (nSPS) is 19.9. The molecule has 3 aromatic carbocycles. The van der Waals surface area contributed by atoms with Gasteiger partial charge in [-0.2, -0.15) is 0 Å². The van der Waals surface area contributed by atoms with Crippen molar-refractivity contribution in [3.63, 3.8) is 0 Å². The van der Waals surface area contributed by atoms with Gasteiger partial charge in [0.05, 0.1) is 12.7 Å². The predicted octanol–water partition coefficient (Wildman–Crippen LogP) is 5.53. The van der Waals surface area contributed by atoms with Gasteiger partial charge >= 0.3 is 5.97 Å². The van der Waals surface area contributed by atoms with Gasteiger partial charge in [0, 0.05) is 29.3 Å². The Labute approximate surface area is 227 Å². The van der Waals surface area contributed by atoms with Crippen molar-refractivity contribution in [3.05, 3.63) is 112 Å². The molecule has 2 atom stereocenters. The molecular weight excluding hydrogens is 494 g/mol. The van der Waals surface area contributed by atoms with E-state index in [2.05, 4.69) is 5.32 Å². The highest BCUT2D eigenvalue weighted by molar-refractivity contribution is 6.04. The van der Waals surface area contributed by atoms with Gasteiger partial charge in [-0.1, -0.05) is 48.5 Å². The maximum atomic E-state index is 13.9. The third kappa shape index (κ3) is 4.76. The maximum absolute atomic E-state index is 13.9. The van der Waals surface area contributed by atoms with Crippen LogP contribution in [0.1, 0.15) is 48.3 Å². The number of esters is 1. The molecule has 0 bridgehead atoms. The van der Waals surface area contributed by atoms with Crippen LogP contribution in [0.5, 0.6) is 17.2 Å². The zero-order valence-electron chi connectivity index (χ0n) is 21.9. The van der Waals surface area contributed by atoms with E-state index in [1.807, 2.05) is 79.7 Å². The van der Waals surface area contributed by atoms with E-state index in [4.69, 9.17) is 18.9 Å². The molecule has 0 unspecified atom stereocenters. The van der Waals surface area contributed by atoms with Gasteiger partial charge in [0.2, 0.25) is 6.79 Å². The van der Waals surface area contributed by atoms with E-state index in [1.165, 1.54) is 0 Å². The second-order valence-corrected chi connectivity index (χ2v) is 9.96. The standard InChI is InChI=1S/C32H29NO6/c1-19-29(32(35)37-17-20-6-4-3-5-7-20)30(22-10-13-27-28(16-22)39-18-38-27)31-25(33-19)14-23(15-26(31)34)21-8-11-24(36-2)12-9-21/h3-13,16,23,30,33H,14-15,17-18H2,1-2H3/t23-,30-/m1/s1. The Morgan fingerprint density at radius 2 is 1.69 bits per heavy atom. The second-order valence-electron chi connectivity index (χ2n) is 9.96. The molecule has 2 heterocycles. The molecule has 0 radical (unpaired) electrons. The van der Waals surface area contributed by atoms with E-state index < -0.39 is 11.9 Å². The van der Waals surface area contributed by atoms with Crippen LogP contribution in [0.15, 0.2) is 95.3 Å². The number of methoxy groups -OCH3 is 1. The van der Waals surface area contributed by atoms with Gasteiger partial charge in [-0.25, -0.2) is 4.79 Å². The van der Waals surface area contributed by atoms with E-state index in [-0.39, 0.29) is 25.1 Å². The van der Waals surface area contributed by atoms with Crippen molar-refractivity contribution >= 4 is 11.8 Å². The molecule has 3 aliphatic rings. The lowest BCUT2D eigenvalue weighted by Gasteiger charge is -2.36. The lowest BCUT2D eigenvalue weighted by atomic mass is 9.71. The number of hydrogen-bond acceptors (Lipinski definition) is 7. The van der Waals surface area contributed by atoms with Gasteiger partial charge < -0.3 is 24.3 Å². The van der Waals surface area contributed by atoms with Crippen LogP contribution in [0.4, 0.5) is 0 Å². The summed E-state index contributed by atoms with van der Waals surface area (Å²) in [4.78, 5) is 27.5. The van der Waals surface area contributed by atoms with Gasteiger partial charge in [-0.3, -0.25) is 4.79 Å². The number of carbonyl (C=O) groups is 2. The number of fused-ring (bicyclic) bond motifs is 1. The molecule has 0 spiro atoms. The molecule has 39 heavy (non-hydrogen) atoms. The number of dihydropyridines is 1. The minimum atomic E-state index is -0.580. The van der Waals surface area contributed by atoms with Crippen LogP contribution in [0.3, 0.4) is 0 Å². The number of allylic oxidation sites excluding steroid dienone is 3. The Hall–Kier alpha value is -4.52. The lowest BCUT2D eigenvalue weighted by molar-refractivity contribution is -0.140. The smallest absolute Gasteiger partial charge is 0.337 e. The second kappa shape index (κ2) is 10.3. The molecule has 1 aliphatic carbocycles. The highest BCUT2D eigenvalue weighted by Crippen LogP contribution is 2.47. The summed E-state index contributed by atoms with van der Waals surface area (Å²) in [6.45, 7) is 2.15. The number of nitrogens with one attached hydrogen (secondary N) is 1. The third-order valence-corrected chi connectivity index (χ3v) is 7.58. The average Bonchev–Trinajstić information content (AvgIpc) is 3.44. The zero-order valence-corrected chi connectivity index (χ0v) is 21.9. The number of rotatable bonds is 6. The summed E-state index contributed by atoms with van der Waals surface area (Å²) in [5, 5.41) is 3.41. The summed E-state index contributed by atoms with van der Waals surface area (Å²) in [5.41, 5.74) is 5.31. The summed E-state index contributed by atoms with van der Waals surface area (Å²) < 4.78 is 22.2. The SMILES string of the molecule is COc1ccc([C@H]2CC(=O)C3=C(C2)NC(C)=C(C(=O)OCc2ccccc2)[C@H]3c2ccc3c(c2)OCO3)cc1. The number of Topliss-reactive ketones (excluding diaryl/α,β-unsaturated/α-hetero) is 1. The first kappa shape index (κ1) is 24.8. The average molecular weight is 524 g/mol. The maximum Gasteiger partial charge on any atom is 0.337 e. The summed E-state index contributed by atoms with van der Waals surface area (Å²) >= 11 is 0. The highest BCUT2D eigenvalue weighted by atomic mass is 16.7. The van der Waals surface area contributed by atoms with Crippen LogP contribution in [0.25, 0.3) is 0 Å². The molecule has 1 N–H and O–H groups in total. The molecule has 0 saturated carbocycles. The van der Waals surface area contributed by atoms with Crippen LogP contribution in [-0.4, -0.2) is 25.7 Å². The Morgan fingerprint density at radius 3 is 2.46 bits per heavy atom. The van der Waals surface area contributed by atoms with E-state index in [0.717, 1.165) is 28.1 Å². The number of ether oxygens (including phenoxy) is 4. The van der Waals surface area contributed by atoms with Crippen molar-refractivity contribution in [1.29, 1.82) is 0 Å². The highest BCUT2D eigenvalue weighted by Gasteiger charge is 2.42. The fraction of sp³-hybridized carbons (Fsp3) is 0.250. The van der Waals surface area contributed by atoms with Crippen LogP contribution in [-0.2, 0) is 20.9 Å². The molecule has 0 aromatic heterocycles. The van der Waals surface area contributed by atoms with E-state index >= 15 is 0 Å². The summed E-state index contributed by atoms with van der Waals surface area (Å²) in [5.74, 6) is 1.01. The molecule has 7 nitrogen and oxygen atoms in total. The van der Waals surface area contributed by atoms with E-state index in [9.17, 15) is 9.59 Å². The van der Waals surface area contributed by atoms with Gasteiger partial charge in [0.25, 0.3) is 0 Å².